The Kier molecular flexibility index (Phi) is 4.20. The number of hydrogen-bond donors (Lipinski definition) is 1. The quantitative estimate of drug-likeness (QED) is 0.664. The largest absolute Gasteiger partial charge is 0.495 e. The van der Waals surface area contributed by atoms with E-state index < -0.39 is 4.92 Å². The molecular weight excluding hydrogens is 256 g/mol. The summed E-state index contributed by atoms with van der Waals surface area (Å²) in [6, 6.07) is 14.4. The predicted molar refractivity (Wildman–Crippen MR) is 78.1 cm³/mol. The van der Waals surface area contributed by atoms with Crippen LogP contribution in [0.25, 0.3) is 0 Å². The van der Waals surface area contributed by atoms with E-state index in [4.69, 9.17) is 4.74 Å². The molecular formula is C15H16N2O3. The number of benzene rings is 2. The van der Waals surface area contributed by atoms with Crippen LogP contribution >= 0.6 is 0 Å². The SMILES string of the molecule is COc1ccc([N+](=O)[O-])cc1NC(C)c1ccccc1. The van der Waals surface area contributed by atoms with Gasteiger partial charge in [-0.1, -0.05) is 30.3 Å². The second-order valence-electron chi connectivity index (χ2n) is 4.42. The number of nitrogens with zero attached hydrogens (tertiary/aromatic N) is 1. The molecule has 2 rings (SSSR count). The lowest BCUT2D eigenvalue weighted by Crippen LogP contribution is -2.07. The van der Waals surface area contributed by atoms with E-state index in [2.05, 4.69) is 5.32 Å². The molecule has 0 aliphatic carbocycles. The monoisotopic (exact) mass is 272 g/mol. The fourth-order valence-corrected chi connectivity index (χ4v) is 1.98. The number of rotatable bonds is 5. The van der Waals surface area contributed by atoms with E-state index in [9.17, 15) is 10.1 Å². The number of non-ortho nitro benzene ring substituents is 1. The van der Waals surface area contributed by atoms with Crippen LogP contribution < -0.4 is 10.1 Å². The zero-order valence-corrected chi connectivity index (χ0v) is 11.4. The maximum absolute atomic E-state index is 10.8. The summed E-state index contributed by atoms with van der Waals surface area (Å²) in [6.45, 7) is 1.99. The average Bonchev–Trinajstić information content (AvgIpc) is 2.48. The second kappa shape index (κ2) is 6.06. The molecule has 0 bridgehead atoms. The fourth-order valence-electron chi connectivity index (χ4n) is 1.98. The first-order chi connectivity index (χ1) is 9.61. The maximum Gasteiger partial charge on any atom is 0.271 e. The standard InChI is InChI=1S/C15H16N2O3/c1-11(12-6-4-3-5-7-12)16-14-10-13(17(18)19)8-9-15(14)20-2/h3-11,16H,1-2H3. The molecule has 0 saturated heterocycles. The Hall–Kier alpha value is -2.56. The minimum atomic E-state index is -0.419. The molecule has 0 saturated carbocycles. The van der Waals surface area contributed by atoms with E-state index in [1.807, 2.05) is 37.3 Å². The van der Waals surface area contributed by atoms with Crippen LogP contribution in [0.5, 0.6) is 5.75 Å². The minimum absolute atomic E-state index is 0.0205. The minimum Gasteiger partial charge on any atom is -0.495 e. The maximum atomic E-state index is 10.8. The van der Waals surface area contributed by atoms with Crippen molar-refractivity contribution in [2.75, 3.05) is 12.4 Å². The lowest BCUT2D eigenvalue weighted by Gasteiger charge is -2.17. The van der Waals surface area contributed by atoms with Crippen molar-refractivity contribution in [3.63, 3.8) is 0 Å². The van der Waals surface area contributed by atoms with Gasteiger partial charge < -0.3 is 10.1 Å². The van der Waals surface area contributed by atoms with Gasteiger partial charge in [0, 0.05) is 18.2 Å². The van der Waals surface area contributed by atoms with E-state index >= 15 is 0 Å². The number of anilines is 1. The number of ether oxygens (including phenoxy) is 1. The van der Waals surface area contributed by atoms with Gasteiger partial charge in [0.15, 0.2) is 0 Å². The van der Waals surface area contributed by atoms with Crippen molar-refractivity contribution in [1.29, 1.82) is 0 Å². The number of hydrogen-bond acceptors (Lipinski definition) is 4. The predicted octanol–water partition coefficient (Wildman–Crippen LogP) is 3.78. The first-order valence-corrected chi connectivity index (χ1v) is 6.25. The lowest BCUT2D eigenvalue weighted by molar-refractivity contribution is -0.384. The van der Waals surface area contributed by atoms with Gasteiger partial charge in [0.1, 0.15) is 5.75 Å². The first-order valence-electron chi connectivity index (χ1n) is 6.25. The van der Waals surface area contributed by atoms with Crippen LogP contribution in [0.2, 0.25) is 0 Å². The van der Waals surface area contributed by atoms with Gasteiger partial charge in [-0.25, -0.2) is 0 Å². The molecule has 0 aliphatic rings. The van der Waals surface area contributed by atoms with Crippen LogP contribution in [0.15, 0.2) is 48.5 Å². The topological polar surface area (TPSA) is 64.4 Å². The third kappa shape index (κ3) is 3.06. The van der Waals surface area contributed by atoms with Crippen LogP contribution in [-0.4, -0.2) is 12.0 Å². The van der Waals surface area contributed by atoms with Gasteiger partial charge in [-0.3, -0.25) is 10.1 Å². The number of nitro benzene ring substituents is 1. The molecule has 0 radical (unpaired) electrons. The molecule has 0 heterocycles. The first kappa shape index (κ1) is 13.9. The highest BCUT2D eigenvalue weighted by atomic mass is 16.6. The van der Waals surface area contributed by atoms with E-state index in [0.29, 0.717) is 11.4 Å². The molecule has 20 heavy (non-hydrogen) atoms. The number of nitrogens with one attached hydrogen (secondary N) is 1. The van der Waals surface area contributed by atoms with Gasteiger partial charge in [-0.2, -0.15) is 0 Å². The molecule has 5 nitrogen and oxygen atoms in total. The molecule has 1 atom stereocenters. The third-order valence-electron chi connectivity index (χ3n) is 3.07. The van der Waals surface area contributed by atoms with Crippen LogP contribution in [0.1, 0.15) is 18.5 Å². The van der Waals surface area contributed by atoms with Crippen LogP contribution in [0, 0.1) is 10.1 Å². The van der Waals surface area contributed by atoms with Gasteiger partial charge >= 0.3 is 0 Å². The second-order valence-corrected chi connectivity index (χ2v) is 4.42. The van der Waals surface area contributed by atoms with Crippen LogP contribution in [0.3, 0.4) is 0 Å². The van der Waals surface area contributed by atoms with Gasteiger partial charge in [0.25, 0.3) is 5.69 Å². The Labute approximate surface area is 117 Å². The Bertz CT molecular complexity index is 599. The third-order valence-corrected chi connectivity index (χ3v) is 3.07. The van der Waals surface area contributed by atoms with Crippen molar-refractivity contribution in [2.24, 2.45) is 0 Å². The van der Waals surface area contributed by atoms with Gasteiger partial charge in [-0.05, 0) is 18.6 Å². The molecule has 1 N–H and O–H groups in total. The van der Waals surface area contributed by atoms with E-state index in [1.54, 1.807) is 13.2 Å². The van der Waals surface area contributed by atoms with E-state index in [1.165, 1.54) is 12.1 Å². The summed E-state index contributed by atoms with van der Waals surface area (Å²) in [5.41, 5.74) is 1.74. The molecule has 104 valence electrons. The summed E-state index contributed by atoms with van der Waals surface area (Å²) in [5, 5.41) is 14.1. The smallest absolute Gasteiger partial charge is 0.271 e. The molecule has 0 amide bonds. The van der Waals surface area contributed by atoms with Crippen molar-refractivity contribution >= 4 is 11.4 Å². The van der Waals surface area contributed by atoms with Crippen molar-refractivity contribution in [2.45, 2.75) is 13.0 Å². The van der Waals surface area contributed by atoms with Crippen molar-refractivity contribution in [1.82, 2.24) is 0 Å². The Balaban J connectivity index is 2.27. The molecule has 5 heteroatoms. The summed E-state index contributed by atoms with van der Waals surface area (Å²) in [5.74, 6) is 0.582. The molecule has 0 aliphatic heterocycles. The van der Waals surface area contributed by atoms with Crippen LogP contribution in [-0.2, 0) is 0 Å². The number of methoxy groups -OCH3 is 1. The zero-order chi connectivity index (χ0) is 14.5. The average molecular weight is 272 g/mol. The summed E-state index contributed by atoms with van der Waals surface area (Å²) in [6.07, 6.45) is 0. The summed E-state index contributed by atoms with van der Waals surface area (Å²) < 4.78 is 5.23. The van der Waals surface area contributed by atoms with Crippen molar-refractivity contribution < 1.29 is 9.66 Å². The number of nitro groups is 1. The van der Waals surface area contributed by atoms with E-state index in [0.717, 1.165) is 5.56 Å². The van der Waals surface area contributed by atoms with Crippen LogP contribution in [0.4, 0.5) is 11.4 Å². The van der Waals surface area contributed by atoms with Gasteiger partial charge in [0.05, 0.1) is 17.7 Å². The highest BCUT2D eigenvalue weighted by Crippen LogP contribution is 2.31. The summed E-state index contributed by atoms with van der Waals surface area (Å²) in [7, 11) is 1.54. The fraction of sp³-hybridized carbons (Fsp3) is 0.200. The Morgan fingerprint density at radius 1 is 1.20 bits per heavy atom. The van der Waals surface area contributed by atoms with Gasteiger partial charge in [-0.15, -0.1) is 0 Å². The Morgan fingerprint density at radius 2 is 1.90 bits per heavy atom. The normalized spacial score (nSPS) is 11.7. The highest BCUT2D eigenvalue weighted by Gasteiger charge is 2.13. The van der Waals surface area contributed by atoms with E-state index in [-0.39, 0.29) is 11.7 Å². The molecule has 1 unspecified atom stereocenters. The molecule has 0 aromatic heterocycles. The van der Waals surface area contributed by atoms with Crippen molar-refractivity contribution in [3.8, 4) is 5.75 Å². The molecule has 2 aromatic carbocycles. The Morgan fingerprint density at radius 3 is 2.50 bits per heavy atom. The zero-order valence-electron chi connectivity index (χ0n) is 11.4. The lowest BCUT2D eigenvalue weighted by atomic mass is 10.1. The highest BCUT2D eigenvalue weighted by molar-refractivity contribution is 5.62. The van der Waals surface area contributed by atoms with Gasteiger partial charge in [0.2, 0.25) is 0 Å². The summed E-state index contributed by atoms with van der Waals surface area (Å²) >= 11 is 0. The molecule has 0 spiro atoms. The summed E-state index contributed by atoms with van der Waals surface area (Å²) in [4.78, 5) is 10.4. The molecule has 0 fully saturated rings. The van der Waals surface area contributed by atoms with Crippen molar-refractivity contribution in [3.05, 3.63) is 64.2 Å². The molecule has 2 aromatic rings.